The second-order valence-corrected chi connectivity index (χ2v) is 9.49. The van der Waals surface area contributed by atoms with Gasteiger partial charge >= 0.3 is 5.97 Å². The summed E-state index contributed by atoms with van der Waals surface area (Å²) in [5.41, 5.74) is 0.204. The molecule has 0 spiro atoms. The number of aromatic carboxylic acids is 1. The SMILES string of the molecule is O=C(O)c1cccc(O[P+](c2ccccc2)(c2ccccc2)c2ccccc2)c1. The second-order valence-electron chi connectivity index (χ2n) is 6.54. The Labute approximate surface area is 170 Å². The topological polar surface area (TPSA) is 46.5 Å². The van der Waals surface area contributed by atoms with Crippen molar-refractivity contribution in [2.75, 3.05) is 0 Å². The summed E-state index contributed by atoms with van der Waals surface area (Å²) in [5.74, 6) is -0.437. The summed E-state index contributed by atoms with van der Waals surface area (Å²) in [7, 11) is -2.52. The van der Waals surface area contributed by atoms with E-state index in [-0.39, 0.29) is 5.56 Å². The summed E-state index contributed by atoms with van der Waals surface area (Å²) in [5, 5.41) is 12.6. The molecule has 3 nitrogen and oxygen atoms in total. The quantitative estimate of drug-likeness (QED) is 0.479. The van der Waals surface area contributed by atoms with E-state index in [9.17, 15) is 9.90 Å². The average Bonchev–Trinajstić information content (AvgIpc) is 2.79. The lowest BCUT2D eigenvalue weighted by Crippen LogP contribution is -2.34. The maximum absolute atomic E-state index is 11.5. The van der Waals surface area contributed by atoms with Gasteiger partial charge in [0.25, 0.3) is 7.49 Å². The third-order valence-corrected chi connectivity index (χ3v) is 8.24. The van der Waals surface area contributed by atoms with Crippen LogP contribution in [0.3, 0.4) is 0 Å². The molecule has 0 saturated carbocycles. The van der Waals surface area contributed by atoms with Crippen LogP contribution in [0.4, 0.5) is 0 Å². The molecule has 0 saturated heterocycles. The van der Waals surface area contributed by atoms with Gasteiger partial charge in [-0.15, -0.1) is 0 Å². The third kappa shape index (κ3) is 3.78. The lowest BCUT2D eigenvalue weighted by atomic mass is 10.2. The Hall–Kier alpha value is -3.42. The molecule has 0 fully saturated rings. The Bertz CT molecular complexity index is 1000. The maximum Gasteiger partial charge on any atom is 0.335 e. The number of rotatable bonds is 6. The predicted octanol–water partition coefficient (Wildman–Crippen LogP) is 4.67. The van der Waals surface area contributed by atoms with Gasteiger partial charge in [-0.2, -0.15) is 0 Å². The van der Waals surface area contributed by atoms with E-state index in [0.29, 0.717) is 5.75 Å². The fourth-order valence-electron chi connectivity index (χ4n) is 3.36. The van der Waals surface area contributed by atoms with E-state index >= 15 is 0 Å². The Morgan fingerprint density at radius 2 is 1.07 bits per heavy atom. The minimum absolute atomic E-state index is 0.204. The van der Waals surface area contributed by atoms with E-state index in [0.717, 1.165) is 15.9 Å². The molecule has 0 amide bonds. The molecule has 4 aromatic rings. The van der Waals surface area contributed by atoms with E-state index in [1.807, 2.05) is 60.7 Å². The molecule has 4 aromatic carbocycles. The van der Waals surface area contributed by atoms with E-state index in [2.05, 4.69) is 36.4 Å². The monoisotopic (exact) mass is 399 g/mol. The van der Waals surface area contributed by atoms with Gasteiger partial charge in [0.15, 0.2) is 5.75 Å². The summed E-state index contributed by atoms with van der Waals surface area (Å²) >= 11 is 0. The Morgan fingerprint density at radius 1 is 0.621 bits per heavy atom. The lowest BCUT2D eigenvalue weighted by molar-refractivity contribution is 0.0696. The third-order valence-electron chi connectivity index (χ3n) is 4.68. The van der Waals surface area contributed by atoms with Crippen LogP contribution in [-0.2, 0) is 0 Å². The first-order valence-electron chi connectivity index (χ1n) is 9.29. The second kappa shape index (κ2) is 8.30. The van der Waals surface area contributed by atoms with Crippen molar-refractivity contribution in [2.24, 2.45) is 0 Å². The zero-order chi connectivity index (χ0) is 20.1. The fourth-order valence-corrected chi connectivity index (χ4v) is 6.78. The number of carboxylic acid groups (broad SMARTS) is 1. The molecule has 0 heterocycles. The molecule has 0 aliphatic rings. The van der Waals surface area contributed by atoms with Gasteiger partial charge in [-0.3, -0.25) is 0 Å². The largest absolute Gasteiger partial charge is 0.478 e. The summed E-state index contributed by atoms with van der Waals surface area (Å²) in [6.07, 6.45) is 0. The normalized spacial score (nSPS) is 11.0. The van der Waals surface area contributed by atoms with Gasteiger partial charge in [-0.1, -0.05) is 60.7 Å². The molecule has 4 heteroatoms. The molecule has 4 rings (SSSR count). The zero-order valence-corrected chi connectivity index (χ0v) is 16.6. The van der Waals surface area contributed by atoms with Crippen LogP contribution in [0, 0.1) is 0 Å². The Morgan fingerprint density at radius 3 is 1.48 bits per heavy atom. The van der Waals surface area contributed by atoms with Crippen molar-refractivity contribution < 1.29 is 14.4 Å². The van der Waals surface area contributed by atoms with Crippen LogP contribution in [0.1, 0.15) is 10.4 Å². The smallest absolute Gasteiger partial charge is 0.335 e. The van der Waals surface area contributed by atoms with Gasteiger partial charge in [-0.25, -0.2) is 4.79 Å². The van der Waals surface area contributed by atoms with E-state index in [1.165, 1.54) is 0 Å². The van der Waals surface area contributed by atoms with Gasteiger partial charge in [0.05, 0.1) is 5.56 Å². The summed E-state index contributed by atoms with van der Waals surface area (Å²) in [6, 6.07) is 37.2. The van der Waals surface area contributed by atoms with Crippen LogP contribution in [0.2, 0.25) is 0 Å². The van der Waals surface area contributed by atoms with Crippen LogP contribution in [0.25, 0.3) is 0 Å². The lowest BCUT2D eigenvalue weighted by Gasteiger charge is -2.26. The van der Waals surface area contributed by atoms with Crippen molar-refractivity contribution in [3.05, 3.63) is 121 Å². The molecule has 29 heavy (non-hydrogen) atoms. The first-order chi connectivity index (χ1) is 14.2. The number of hydrogen-bond donors (Lipinski definition) is 1. The standard InChI is InChI=1S/C25H19O3P/c26-25(27)20-11-10-12-21(19-20)28-29(22-13-4-1-5-14-22,23-15-6-2-7-16-23)24-17-8-3-9-18-24/h1-19H/p+1. The van der Waals surface area contributed by atoms with Crippen LogP contribution in [-0.4, -0.2) is 11.1 Å². The van der Waals surface area contributed by atoms with Crippen molar-refractivity contribution in [3.8, 4) is 5.75 Å². The van der Waals surface area contributed by atoms with Gasteiger partial charge in [0, 0.05) is 0 Å². The molecule has 0 bridgehead atoms. The van der Waals surface area contributed by atoms with Crippen LogP contribution >= 0.6 is 7.49 Å². The summed E-state index contributed by atoms with van der Waals surface area (Å²) in [6.45, 7) is 0. The minimum atomic E-state index is -2.52. The van der Waals surface area contributed by atoms with Crippen molar-refractivity contribution in [3.63, 3.8) is 0 Å². The van der Waals surface area contributed by atoms with Gasteiger partial charge in [0.1, 0.15) is 15.9 Å². The maximum atomic E-state index is 11.5. The van der Waals surface area contributed by atoms with Gasteiger partial charge in [0.2, 0.25) is 0 Å². The van der Waals surface area contributed by atoms with Crippen molar-refractivity contribution in [1.82, 2.24) is 0 Å². The Kier molecular flexibility index (Phi) is 5.41. The van der Waals surface area contributed by atoms with Crippen LogP contribution in [0.5, 0.6) is 5.75 Å². The highest BCUT2D eigenvalue weighted by Crippen LogP contribution is 2.56. The fraction of sp³-hybridized carbons (Fsp3) is 0. The molecule has 142 valence electrons. The molecule has 0 aromatic heterocycles. The molecule has 0 unspecified atom stereocenters. The number of hydrogen-bond acceptors (Lipinski definition) is 2. The van der Waals surface area contributed by atoms with Crippen LogP contribution in [0.15, 0.2) is 115 Å². The Balaban J connectivity index is 1.98. The first-order valence-corrected chi connectivity index (χ1v) is 11.0. The highest BCUT2D eigenvalue weighted by molar-refractivity contribution is 7.92. The highest BCUT2D eigenvalue weighted by atomic mass is 31.2. The number of carboxylic acids is 1. The highest BCUT2D eigenvalue weighted by Gasteiger charge is 2.49. The van der Waals surface area contributed by atoms with E-state index in [1.54, 1.807) is 18.2 Å². The average molecular weight is 399 g/mol. The van der Waals surface area contributed by atoms with E-state index in [4.69, 9.17) is 4.52 Å². The molecular formula is C25H20O3P+. The molecule has 1 N–H and O–H groups in total. The molecule has 0 atom stereocenters. The van der Waals surface area contributed by atoms with Crippen molar-refractivity contribution in [1.29, 1.82) is 0 Å². The van der Waals surface area contributed by atoms with Gasteiger partial charge in [-0.05, 0) is 54.6 Å². The molecule has 0 radical (unpaired) electrons. The minimum Gasteiger partial charge on any atom is -0.478 e. The van der Waals surface area contributed by atoms with Gasteiger partial charge < -0.3 is 9.63 Å². The zero-order valence-electron chi connectivity index (χ0n) is 15.7. The summed E-state index contributed by atoms with van der Waals surface area (Å²) in [4.78, 5) is 11.5. The van der Waals surface area contributed by atoms with E-state index < -0.39 is 13.5 Å². The molecule has 0 aliphatic carbocycles. The summed E-state index contributed by atoms with van der Waals surface area (Å²) < 4.78 is 6.80. The van der Waals surface area contributed by atoms with Crippen molar-refractivity contribution >= 4 is 29.4 Å². The predicted molar refractivity (Wildman–Crippen MR) is 119 cm³/mol. The van der Waals surface area contributed by atoms with Crippen molar-refractivity contribution in [2.45, 2.75) is 0 Å². The van der Waals surface area contributed by atoms with Crippen LogP contribution < -0.4 is 20.4 Å². The first kappa shape index (κ1) is 18.9. The number of benzene rings is 4. The molecule has 0 aliphatic heterocycles. The molecular weight excluding hydrogens is 379 g/mol. The number of carbonyl (C=O) groups is 1.